The number of hydrogen-bond acceptors (Lipinski definition) is 4. The molecule has 0 saturated carbocycles. The Labute approximate surface area is 122 Å². The molecule has 0 aliphatic rings. The van der Waals surface area contributed by atoms with E-state index >= 15 is 0 Å². The van der Waals surface area contributed by atoms with Gasteiger partial charge in [0.15, 0.2) is 5.82 Å². The molecule has 0 aliphatic carbocycles. The van der Waals surface area contributed by atoms with Gasteiger partial charge in [0.2, 0.25) is 0 Å². The molecule has 20 heavy (non-hydrogen) atoms. The molecule has 2 heterocycles. The van der Waals surface area contributed by atoms with E-state index < -0.39 is 0 Å². The van der Waals surface area contributed by atoms with Gasteiger partial charge in [-0.1, -0.05) is 29.8 Å². The number of aromatic nitrogens is 2. The van der Waals surface area contributed by atoms with Crippen molar-refractivity contribution in [2.75, 3.05) is 12.4 Å². The fourth-order valence-corrected chi connectivity index (χ4v) is 3.29. The number of benzene rings is 1. The van der Waals surface area contributed by atoms with Crippen molar-refractivity contribution in [2.24, 2.45) is 0 Å². The van der Waals surface area contributed by atoms with Crippen LogP contribution in [0, 0.1) is 20.8 Å². The van der Waals surface area contributed by atoms with Crippen LogP contribution in [0.4, 0.5) is 5.82 Å². The molecule has 0 spiro atoms. The summed E-state index contributed by atoms with van der Waals surface area (Å²) in [4.78, 5) is 11.8. The molecular weight excluding hydrogens is 266 g/mol. The molecule has 1 aromatic carbocycles. The van der Waals surface area contributed by atoms with E-state index in [4.69, 9.17) is 4.98 Å². The summed E-state index contributed by atoms with van der Waals surface area (Å²) in [6, 6.07) is 8.33. The van der Waals surface area contributed by atoms with E-state index in [0.29, 0.717) is 0 Å². The quantitative estimate of drug-likeness (QED) is 0.761. The molecule has 0 amide bonds. The van der Waals surface area contributed by atoms with Gasteiger partial charge in [0.05, 0.1) is 5.39 Å². The van der Waals surface area contributed by atoms with Crippen LogP contribution in [0.2, 0.25) is 0 Å². The number of nitrogens with one attached hydrogen (secondary N) is 1. The van der Waals surface area contributed by atoms with Crippen LogP contribution < -0.4 is 5.32 Å². The first kappa shape index (κ1) is 13.1. The molecular formula is C16H17N3S. The second-order valence-electron chi connectivity index (χ2n) is 4.98. The van der Waals surface area contributed by atoms with Gasteiger partial charge in [-0.2, -0.15) is 0 Å². The van der Waals surface area contributed by atoms with E-state index in [-0.39, 0.29) is 0 Å². The van der Waals surface area contributed by atoms with E-state index in [1.54, 1.807) is 11.3 Å². The number of thiophene rings is 1. The summed E-state index contributed by atoms with van der Waals surface area (Å²) in [5.41, 5.74) is 3.56. The van der Waals surface area contributed by atoms with Crippen LogP contribution in [-0.2, 0) is 0 Å². The van der Waals surface area contributed by atoms with Crippen molar-refractivity contribution >= 4 is 27.4 Å². The van der Waals surface area contributed by atoms with Gasteiger partial charge in [-0.15, -0.1) is 11.3 Å². The first-order chi connectivity index (χ1) is 9.60. The van der Waals surface area contributed by atoms with Gasteiger partial charge in [0, 0.05) is 17.5 Å². The summed E-state index contributed by atoms with van der Waals surface area (Å²) in [5.74, 6) is 1.69. The molecule has 0 unspecified atom stereocenters. The Balaban J connectivity index is 2.25. The predicted octanol–water partition coefficient (Wildman–Crippen LogP) is 4.33. The average Bonchev–Trinajstić information content (AvgIpc) is 2.74. The minimum Gasteiger partial charge on any atom is -0.372 e. The lowest BCUT2D eigenvalue weighted by atomic mass is 10.1. The second kappa shape index (κ2) is 4.87. The average molecular weight is 283 g/mol. The Hall–Kier alpha value is -1.94. The fourth-order valence-electron chi connectivity index (χ4n) is 2.26. The maximum atomic E-state index is 4.73. The van der Waals surface area contributed by atoms with Gasteiger partial charge < -0.3 is 5.32 Å². The fraction of sp³-hybridized carbons (Fsp3) is 0.250. The maximum absolute atomic E-state index is 4.73. The zero-order valence-corrected chi connectivity index (χ0v) is 12.9. The molecule has 0 atom stereocenters. The number of aryl methyl sites for hydroxylation is 3. The molecule has 2 aromatic heterocycles. The van der Waals surface area contributed by atoms with E-state index in [1.807, 2.05) is 7.05 Å². The SMILES string of the molecule is CNc1nc(-c2ccc(C)cc2)nc2sc(C)c(C)c12. The molecule has 0 aliphatic heterocycles. The molecule has 3 aromatic rings. The molecule has 1 N–H and O–H groups in total. The van der Waals surface area contributed by atoms with E-state index in [2.05, 4.69) is 55.3 Å². The van der Waals surface area contributed by atoms with Crippen molar-refractivity contribution in [3.63, 3.8) is 0 Å². The highest BCUT2D eigenvalue weighted by atomic mass is 32.1. The monoisotopic (exact) mass is 283 g/mol. The van der Waals surface area contributed by atoms with Gasteiger partial charge >= 0.3 is 0 Å². The molecule has 0 saturated heterocycles. The molecule has 102 valence electrons. The zero-order chi connectivity index (χ0) is 14.3. The van der Waals surface area contributed by atoms with Crippen LogP contribution in [0.15, 0.2) is 24.3 Å². The highest BCUT2D eigenvalue weighted by molar-refractivity contribution is 7.18. The highest BCUT2D eigenvalue weighted by Crippen LogP contribution is 2.34. The Bertz CT molecular complexity index is 773. The lowest BCUT2D eigenvalue weighted by Crippen LogP contribution is -1.98. The van der Waals surface area contributed by atoms with Crippen molar-refractivity contribution in [2.45, 2.75) is 20.8 Å². The first-order valence-electron chi connectivity index (χ1n) is 6.62. The lowest BCUT2D eigenvalue weighted by molar-refractivity contribution is 1.22. The summed E-state index contributed by atoms with van der Waals surface area (Å²) >= 11 is 1.73. The summed E-state index contributed by atoms with van der Waals surface area (Å²) in [5, 5.41) is 4.35. The summed E-state index contributed by atoms with van der Waals surface area (Å²) in [7, 11) is 1.91. The van der Waals surface area contributed by atoms with Gasteiger partial charge in [-0.05, 0) is 26.3 Å². The van der Waals surface area contributed by atoms with Crippen molar-refractivity contribution < 1.29 is 0 Å². The van der Waals surface area contributed by atoms with Crippen molar-refractivity contribution in [1.82, 2.24) is 9.97 Å². The van der Waals surface area contributed by atoms with Crippen LogP contribution in [-0.4, -0.2) is 17.0 Å². The maximum Gasteiger partial charge on any atom is 0.163 e. The van der Waals surface area contributed by atoms with E-state index in [1.165, 1.54) is 16.0 Å². The standard InChI is InChI=1S/C16H17N3S/c1-9-5-7-12(8-6-9)14-18-15(17-4)13-10(2)11(3)20-16(13)19-14/h5-8H,1-4H3,(H,17,18,19). The van der Waals surface area contributed by atoms with Crippen molar-refractivity contribution in [3.8, 4) is 11.4 Å². The molecule has 0 radical (unpaired) electrons. The number of rotatable bonds is 2. The smallest absolute Gasteiger partial charge is 0.163 e. The number of fused-ring (bicyclic) bond motifs is 1. The van der Waals surface area contributed by atoms with Crippen LogP contribution in [0.1, 0.15) is 16.0 Å². The Morgan fingerprint density at radius 3 is 2.35 bits per heavy atom. The summed E-state index contributed by atoms with van der Waals surface area (Å²) < 4.78 is 0. The van der Waals surface area contributed by atoms with Crippen LogP contribution in [0.25, 0.3) is 21.6 Å². The topological polar surface area (TPSA) is 37.8 Å². The molecule has 3 rings (SSSR count). The molecule has 0 fully saturated rings. The number of anilines is 1. The van der Waals surface area contributed by atoms with Crippen molar-refractivity contribution in [1.29, 1.82) is 0 Å². The van der Waals surface area contributed by atoms with E-state index in [9.17, 15) is 0 Å². The van der Waals surface area contributed by atoms with Gasteiger partial charge in [-0.25, -0.2) is 9.97 Å². The third-order valence-electron chi connectivity index (χ3n) is 3.58. The minimum absolute atomic E-state index is 0.781. The van der Waals surface area contributed by atoms with Crippen molar-refractivity contribution in [3.05, 3.63) is 40.3 Å². The van der Waals surface area contributed by atoms with Crippen LogP contribution in [0.3, 0.4) is 0 Å². The highest BCUT2D eigenvalue weighted by Gasteiger charge is 2.14. The summed E-state index contributed by atoms with van der Waals surface area (Å²) in [6.07, 6.45) is 0. The van der Waals surface area contributed by atoms with Gasteiger partial charge in [0.1, 0.15) is 10.6 Å². The Morgan fingerprint density at radius 2 is 1.70 bits per heavy atom. The third kappa shape index (κ3) is 2.06. The lowest BCUT2D eigenvalue weighted by Gasteiger charge is -2.06. The zero-order valence-electron chi connectivity index (χ0n) is 12.1. The first-order valence-corrected chi connectivity index (χ1v) is 7.44. The van der Waals surface area contributed by atoms with E-state index in [0.717, 1.165) is 27.4 Å². The second-order valence-corrected chi connectivity index (χ2v) is 6.18. The number of nitrogens with zero attached hydrogens (tertiary/aromatic N) is 2. The normalized spacial score (nSPS) is 11.0. The van der Waals surface area contributed by atoms with Gasteiger partial charge in [-0.3, -0.25) is 0 Å². The number of hydrogen-bond donors (Lipinski definition) is 1. The molecule has 4 heteroatoms. The minimum atomic E-state index is 0.781. The van der Waals surface area contributed by atoms with Crippen LogP contribution in [0.5, 0.6) is 0 Å². The third-order valence-corrected chi connectivity index (χ3v) is 4.68. The summed E-state index contributed by atoms with van der Waals surface area (Å²) in [6.45, 7) is 6.34. The molecule has 0 bridgehead atoms. The Kier molecular flexibility index (Phi) is 3.18. The molecule has 3 nitrogen and oxygen atoms in total. The van der Waals surface area contributed by atoms with Crippen LogP contribution >= 0.6 is 11.3 Å². The Morgan fingerprint density at radius 1 is 1.00 bits per heavy atom. The largest absolute Gasteiger partial charge is 0.372 e. The predicted molar refractivity (Wildman–Crippen MR) is 86.6 cm³/mol. The van der Waals surface area contributed by atoms with Gasteiger partial charge in [0.25, 0.3) is 0 Å².